The molecule has 5 rings (SSSR count). The molecular formula is C37H34N4O3S2. The lowest BCUT2D eigenvalue weighted by molar-refractivity contribution is -0.115. The number of hydrogen-bond acceptors (Lipinski definition) is 6. The van der Waals surface area contributed by atoms with E-state index >= 15 is 0 Å². The molecule has 5 aromatic rings. The van der Waals surface area contributed by atoms with E-state index in [1.165, 1.54) is 28.7 Å². The number of carbonyl (C=O) groups is 3. The highest BCUT2D eigenvalue weighted by Crippen LogP contribution is 2.28. The van der Waals surface area contributed by atoms with Gasteiger partial charge in [0.2, 0.25) is 5.91 Å². The number of aromatic nitrogens is 1. The molecule has 0 radical (unpaired) electrons. The van der Waals surface area contributed by atoms with Crippen molar-refractivity contribution < 1.29 is 14.4 Å². The molecule has 0 bridgehead atoms. The van der Waals surface area contributed by atoms with Crippen LogP contribution in [0, 0.1) is 0 Å². The minimum atomic E-state index is -0.455. The summed E-state index contributed by atoms with van der Waals surface area (Å²) in [6.07, 6.45) is 1.66. The lowest BCUT2D eigenvalue weighted by Gasteiger charge is -2.13. The second-order valence-corrected chi connectivity index (χ2v) is 13.1. The molecule has 0 aliphatic carbocycles. The Morgan fingerprint density at radius 1 is 0.783 bits per heavy atom. The van der Waals surface area contributed by atoms with Gasteiger partial charge in [-0.3, -0.25) is 14.4 Å². The average Bonchev–Trinajstić information content (AvgIpc) is 3.54. The van der Waals surface area contributed by atoms with E-state index in [2.05, 4.69) is 34.8 Å². The van der Waals surface area contributed by atoms with Crippen LogP contribution in [0.1, 0.15) is 48.2 Å². The van der Waals surface area contributed by atoms with Gasteiger partial charge >= 0.3 is 0 Å². The number of thiazole rings is 1. The molecule has 46 heavy (non-hydrogen) atoms. The standard InChI is InChI=1S/C37H34N4O3S2/c1-24(2)27-16-14-26(15-17-27)22-32(39-35(43)29-12-8-5-9-13-29)36(44)38-30-18-20-31(21-19-30)46-25(3)34(42)41-37-40-33(23-45-37)28-10-6-4-7-11-28/h4-25H,1-3H3,(H,38,44)(H,39,43)(H,40,41,42)/b32-22-. The highest BCUT2D eigenvalue weighted by atomic mass is 32.2. The molecule has 1 aromatic heterocycles. The molecule has 7 nitrogen and oxygen atoms in total. The van der Waals surface area contributed by atoms with Crippen molar-refractivity contribution in [2.75, 3.05) is 10.6 Å². The van der Waals surface area contributed by atoms with Crippen LogP contribution in [0.3, 0.4) is 0 Å². The minimum Gasteiger partial charge on any atom is -0.321 e. The van der Waals surface area contributed by atoms with E-state index in [0.717, 1.165) is 21.7 Å². The fraction of sp³-hybridized carbons (Fsp3) is 0.135. The molecule has 1 atom stereocenters. The number of nitrogens with zero attached hydrogens (tertiary/aromatic N) is 1. The molecule has 232 valence electrons. The van der Waals surface area contributed by atoms with E-state index in [1.807, 2.05) is 85.1 Å². The predicted molar refractivity (Wildman–Crippen MR) is 189 cm³/mol. The number of carbonyl (C=O) groups excluding carboxylic acids is 3. The van der Waals surface area contributed by atoms with Gasteiger partial charge in [0, 0.05) is 27.1 Å². The van der Waals surface area contributed by atoms with Crippen LogP contribution in [0.5, 0.6) is 0 Å². The molecule has 0 saturated carbocycles. The second kappa shape index (κ2) is 15.3. The highest BCUT2D eigenvalue weighted by Gasteiger charge is 2.18. The average molecular weight is 647 g/mol. The first kappa shape index (κ1) is 32.4. The summed E-state index contributed by atoms with van der Waals surface area (Å²) in [6, 6.07) is 33.7. The fourth-order valence-corrected chi connectivity index (χ4v) is 6.03. The van der Waals surface area contributed by atoms with Gasteiger partial charge in [-0.15, -0.1) is 23.1 Å². The number of nitrogens with one attached hydrogen (secondary N) is 3. The Labute approximate surface area is 277 Å². The smallest absolute Gasteiger partial charge is 0.272 e. The van der Waals surface area contributed by atoms with Crippen LogP contribution in [-0.2, 0) is 9.59 Å². The molecule has 4 aromatic carbocycles. The van der Waals surface area contributed by atoms with Crippen LogP contribution in [-0.4, -0.2) is 28.0 Å². The van der Waals surface area contributed by atoms with E-state index in [4.69, 9.17) is 0 Å². The summed E-state index contributed by atoms with van der Waals surface area (Å²) in [5.41, 5.74) is 4.90. The van der Waals surface area contributed by atoms with Crippen molar-refractivity contribution in [2.24, 2.45) is 0 Å². The van der Waals surface area contributed by atoms with E-state index in [0.29, 0.717) is 22.3 Å². The Kier molecular flexibility index (Phi) is 10.8. The zero-order valence-electron chi connectivity index (χ0n) is 25.7. The van der Waals surface area contributed by atoms with Crippen molar-refractivity contribution in [3.05, 3.63) is 137 Å². The second-order valence-electron chi connectivity index (χ2n) is 10.8. The molecular weight excluding hydrogens is 613 g/mol. The Balaban J connectivity index is 1.22. The van der Waals surface area contributed by atoms with Crippen LogP contribution >= 0.6 is 23.1 Å². The normalized spacial score (nSPS) is 12.0. The molecule has 0 saturated heterocycles. The maximum atomic E-state index is 13.4. The largest absolute Gasteiger partial charge is 0.321 e. The molecule has 3 amide bonds. The summed E-state index contributed by atoms with van der Waals surface area (Å²) in [4.78, 5) is 44.7. The summed E-state index contributed by atoms with van der Waals surface area (Å²) >= 11 is 2.79. The van der Waals surface area contributed by atoms with E-state index < -0.39 is 5.91 Å². The summed E-state index contributed by atoms with van der Waals surface area (Å²) in [7, 11) is 0. The Hall–Kier alpha value is -4.99. The molecule has 9 heteroatoms. The highest BCUT2D eigenvalue weighted by molar-refractivity contribution is 8.00. The number of rotatable bonds is 11. The Morgan fingerprint density at radius 3 is 2.09 bits per heavy atom. The first-order chi connectivity index (χ1) is 22.2. The minimum absolute atomic E-state index is 0.118. The van der Waals surface area contributed by atoms with Gasteiger partial charge in [0.1, 0.15) is 5.70 Å². The van der Waals surface area contributed by atoms with Crippen molar-refractivity contribution in [1.29, 1.82) is 0 Å². The van der Waals surface area contributed by atoms with Gasteiger partial charge in [-0.05, 0) is 66.4 Å². The van der Waals surface area contributed by atoms with Crippen molar-refractivity contribution in [1.82, 2.24) is 10.3 Å². The summed E-state index contributed by atoms with van der Waals surface area (Å²) in [6.45, 7) is 6.07. The van der Waals surface area contributed by atoms with Crippen LogP contribution in [0.25, 0.3) is 17.3 Å². The van der Waals surface area contributed by atoms with Crippen molar-refractivity contribution in [2.45, 2.75) is 36.8 Å². The fourth-order valence-electron chi connectivity index (χ4n) is 4.44. The molecule has 1 unspecified atom stereocenters. The number of amides is 3. The predicted octanol–water partition coefficient (Wildman–Crippen LogP) is 8.46. The topological polar surface area (TPSA) is 100 Å². The van der Waals surface area contributed by atoms with E-state index in [-0.39, 0.29) is 22.8 Å². The Morgan fingerprint density at radius 2 is 1.43 bits per heavy atom. The zero-order chi connectivity index (χ0) is 32.5. The van der Waals surface area contributed by atoms with Gasteiger partial charge in [0.15, 0.2) is 5.13 Å². The summed E-state index contributed by atoms with van der Waals surface area (Å²) < 4.78 is 0. The van der Waals surface area contributed by atoms with Crippen LogP contribution < -0.4 is 16.0 Å². The van der Waals surface area contributed by atoms with Crippen molar-refractivity contribution in [3.63, 3.8) is 0 Å². The number of benzene rings is 4. The van der Waals surface area contributed by atoms with E-state index in [1.54, 1.807) is 42.5 Å². The van der Waals surface area contributed by atoms with E-state index in [9.17, 15) is 14.4 Å². The molecule has 0 aliphatic rings. The van der Waals surface area contributed by atoms with Gasteiger partial charge < -0.3 is 16.0 Å². The van der Waals surface area contributed by atoms with Crippen LogP contribution in [0.2, 0.25) is 0 Å². The third-order valence-corrected chi connectivity index (χ3v) is 8.91. The lowest BCUT2D eigenvalue weighted by Crippen LogP contribution is -2.30. The van der Waals surface area contributed by atoms with Crippen molar-refractivity contribution >= 4 is 57.7 Å². The first-order valence-corrected chi connectivity index (χ1v) is 16.6. The number of anilines is 2. The lowest BCUT2D eigenvalue weighted by atomic mass is 10.0. The molecule has 0 aliphatic heterocycles. The third-order valence-electron chi connectivity index (χ3n) is 7.04. The maximum Gasteiger partial charge on any atom is 0.272 e. The summed E-state index contributed by atoms with van der Waals surface area (Å²) in [5, 5.41) is 10.7. The maximum absolute atomic E-state index is 13.4. The monoisotopic (exact) mass is 646 g/mol. The molecule has 0 fully saturated rings. The number of thioether (sulfide) groups is 1. The van der Waals surface area contributed by atoms with Gasteiger partial charge in [-0.2, -0.15) is 0 Å². The van der Waals surface area contributed by atoms with Crippen molar-refractivity contribution in [3.8, 4) is 11.3 Å². The molecule has 1 heterocycles. The van der Waals surface area contributed by atoms with Gasteiger partial charge in [-0.25, -0.2) is 4.98 Å². The quantitative estimate of drug-likeness (QED) is 0.0988. The van der Waals surface area contributed by atoms with Gasteiger partial charge in [-0.1, -0.05) is 86.6 Å². The number of hydrogen-bond donors (Lipinski definition) is 3. The van der Waals surface area contributed by atoms with Gasteiger partial charge in [0.05, 0.1) is 10.9 Å². The zero-order valence-corrected chi connectivity index (χ0v) is 27.3. The molecule has 3 N–H and O–H groups in total. The van der Waals surface area contributed by atoms with Crippen LogP contribution in [0.4, 0.5) is 10.8 Å². The molecule has 0 spiro atoms. The Bertz CT molecular complexity index is 1820. The SMILES string of the molecule is CC(Sc1ccc(NC(=O)/C(=C/c2ccc(C(C)C)cc2)NC(=O)c2ccccc2)cc1)C(=O)Nc1nc(-c2ccccc2)cs1. The third kappa shape index (κ3) is 8.80. The van der Waals surface area contributed by atoms with Gasteiger partial charge in [0.25, 0.3) is 11.8 Å². The van der Waals surface area contributed by atoms with Crippen LogP contribution in [0.15, 0.2) is 125 Å². The first-order valence-electron chi connectivity index (χ1n) is 14.8. The summed E-state index contributed by atoms with van der Waals surface area (Å²) in [5.74, 6) is -0.609.